The number of methoxy groups -OCH3 is 1. The molecule has 0 saturated carbocycles. The number of phenols is 1. The van der Waals surface area contributed by atoms with Crippen molar-refractivity contribution in [3.8, 4) is 5.75 Å². The maximum absolute atomic E-state index is 12.6. The molecule has 0 spiro atoms. The minimum atomic E-state index is -0.466. The molecule has 24 heavy (non-hydrogen) atoms. The van der Waals surface area contributed by atoms with Crippen LogP contribution in [0.3, 0.4) is 0 Å². The number of esters is 1. The van der Waals surface area contributed by atoms with Gasteiger partial charge in [0.1, 0.15) is 17.9 Å². The lowest BCUT2D eigenvalue weighted by molar-refractivity contribution is -0.140. The van der Waals surface area contributed by atoms with Gasteiger partial charge in [-0.05, 0) is 42.5 Å². The zero-order valence-electron chi connectivity index (χ0n) is 13.4. The van der Waals surface area contributed by atoms with Crippen molar-refractivity contribution in [2.24, 2.45) is 0 Å². The summed E-state index contributed by atoms with van der Waals surface area (Å²) in [5, 5.41) is 13.0. The second-order valence-electron chi connectivity index (χ2n) is 5.77. The van der Waals surface area contributed by atoms with Crippen molar-refractivity contribution < 1.29 is 23.8 Å². The molecule has 0 saturated heterocycles. The van der Waals surface area contributed by atoms with Crippen molar-refractivity contribution in [2.45, 2.75) is 31.7 Å². The third kappa shape index (κ3) is 3.13. The van der Waals surface area contributed by atoms with E-state index in [4.69, 9.17) is 4.42 Å². The summed E-state index contributed by atoms with van der Waals surface area (Å²) in [5.41, 5.74) is 2.15. The van der Waals surface area contributed by atoms with Crippen molar-refractivity contribution >= 4 is 11.9 Å². The summed E-state index contributed by atoms with van der Waals surface area (Å²) < 4.78 is 9.84. The van der Waals surface area contributed by atoms with Gasteiger partial charge >= 0.3 is 5.97 Å². The van der Waals surface area contributed by atoms with Crippen molar-refractivity contribution in [3.05, 3.63) is 53.0 Å². The quantitative estimate of drug-likeness (QED) is 0.841. The molecule has 1 aliphatic carbocycles. The summed E-state index contributed by atoms with van der Waals surface area (Å²) in [7, 11) is 1.29. The second kappa shape index (κ2) is 6.78. The normalized spacial score (nSPS) is 16.3. The van der Waals surface area contributed by atoms with Crippen molar-refractivity contribution in [1.82, 2.24) is 5.32 Å². The number of carbonyl (C=O) groups excluding carboxylic acids is 2. The van der Waals surface area contributed by atoms with Crippen molar-refractivity contribution in [2.75, 3.05) is 7.11 Å². The molecule has 2 aromatic rings. The molecule has 3 rings (SSSR count). The molecular formula is C18H19NO5. The number of fused-ring (bicyclic) bond motifs is 1. The van der Waals surface area contributed by atoms with Crippen LogP contribution in [0.25, 0.3) is 0 Å². The van der Waals surface area contributed by atoms with Crippen LogP contribution in [0.15, 0.2) is 34.9 Å². The number of hydrogen-bond acceptors (Lipinski definition) is 5. The van der Waals surface area contributed by atoms with Gasteiger partial charge in [0.05, 0.1) is 25.0 Å². The van der Waals surface area contributed by atoms with Crippen LogP contribution in [0.1, 0.15) is 46.1 Å². The highest BCUT2D eigenvalue weighted by atomic mass is 16.5. The van der Waals surface area contributed by atoms with Crippen LogP contribution in [0.4, 0.5) is 0 Å². The third-order valence-electron chi connectivity index (χ3n) is 4.31. The van der Waals surface area contributed by atoms with E-state index < -0.39 is 5.97 Å². The van der Waals surface area contributed by atoms with Crippen molar-refractivity contribution in [1.29, 1.82) is 0 Å². The second-order valence-corrected chi connectivity index (χ2v) is 5.77. The van der Waals surface area contributed by atoms with Gasteiger partial charge < -0.3 is 19.6 Å². The molecule has 2 N–H and O–H groups in total. The molecule has 6 nitrogen and oxygen atoms in total. The van der Waals surface area contributed by atoms with E-state index in [0.29, 0.717) is 5.56 Å². The van der Waals surface area contributed by atoms with E-state index in [0.717, 1.165) is 30.4 Å². The van der Waals surface area contributed by atoms with Gasteiger partial charge in [-0.3, -0.25) is 9.59 Å². The standard InChI is InChI=1S/C18H19NO5/c1-23-17(21)10-16-13(8-9-24-16)18(22)19-14-6-2-5-12-11(14)4-3-7-15(12)20/h3-4,7-9,14,20H,2,5-6,10H2,1H3,(H,19,22)/t14-/m1/s1. The number of phenolic OH excluding ortho intramolecular Hbond substituents is 1. The van der Waals surface area contributed by atoms with Gasteiger partial charge in [-0.15, -0.1) is 0 Å². The van der Waals surface area contributed by atoms with Crippen LogP contribution >= 0.6 is 0 Å². The van der Waals surface area contributed by atoms with Crippen molar-refractivity contribution in [3.63, 3.8) is 0 Å². The van der Waals surface area contributed by atoms with E-state index >= 15 is 0 Å². The molecule has 1 aromatic heterocycles. The first kappa shape index (κ1) is 16.1. The zero-order valence-corrected chi connectivity index (χ0v) is 13.4. The minimum absolute atomic E-state index is 0.0890. The molecule has 0 bridgehead atoms. The topological polar surface area (TPSA) is 88.8 Å². The largest absolute Gasteiger partial charge is 0.508 e. The molecule has 0 unspecified atom stereocenters. The lowest BCUT2D eigenvalue weighted by Gasteiger charge is -2.26. The van der Waals surface area contributed by atoms with E-state index in [1.807, 2.05) is 6.07 Å². The third-order valence-corrected chi connectivity index (χ3v) is 4.31. The van der Waals surface area contributed by atoms with E-state index in [1.54, 1.807) is 18.2 Å². The smallest absolute Gasteiger partial charge is 0.313 e. The SMILES string of the molecule is COC(=O)Cc1occc1C(=O)N[C@@H]1CCCc2c(O)cccc21. The Morgan fingerprint density at radius 1 is 1.38 bits per heavy atom. The Labute approximate surface area is 139 Å². The molecule has 126 valence electrons. The summed E-state index contributed by atoms with van der Waals surface area (Å²) in [6.45, 7) is 0. The van der Waals surface area contributed by atoms with Crippen LogP contribution in [-0.2, 0) is 22.4 Å². The van der Waals surface area contributed by atoms with Crippen LogP contribution in [-0.4, -0.2) is 24.1 Å². The highest BCUT2D eigenvalue weighted by molar-refractivity contribution is 5.96. The van der Waals surface area contributed by atoms with Crippen LogP contribution < -0.4 is 5.32 Å². The highest BCUT2D eigenvalue weighted by Gasteiger charge is 2.26. The maximum Gasteiger partial charge on any atom is 0.313 e. The highest BCUT2D eigenvalue weighted by Crippen LogP contribution is 2.34. The molecule has 1 heterocycles. The molecule has 1 aromatic carbocycles. The lowest BCUT2D eigenvalue weighted by atomic mass is 9.87. The first-order valence-corrected chi connectivity index (χ1v) is 7.85. The van der Waals surface area contributed by atoms with Crippen LogP contribution in [0, 0.1) is 0 Å². The monoisotopic (exact) mass is 329 g/mol. The fraction of sp³-hybridized carbons (Fsp3) is 0.333. The van der Waals surface area contributed by atoms with Crippen LogP contribution in [0.2, 0.25) is 0 Å². The predicted octanol–water partition coefficient (Wildman–Crippen LogP) is 2.51. The number of amides is 1. The molecule has 0 fully saturated rings. The van der Waals surface area contributed by atoms with Gasteiger partial charge in [-0.25, -0.2) is 0 Å². The molecule has 1 aliphatic rings. The predicted molar refractivity (Wildman–Crippen MR) is 85.7 cm³/mol. The van der Waals surface area contributed by atoms with Gasteiger partial charge in [0.25, 0.3) is 5.91 Å². The molecule has 1 amide bonds. The molecular weight excluding hydrogens is 310 g/mol. The number of furan rings is 1. The Morgan fingerprint density at radius 2 is 2.21 bits per heavy atom. The first-order chi connectivity index (χ1) is 11.6. The first-order valence-electron chi connectivity index (χ1n) is 7.85. The number of rotatable bonds is 4. The summed E-state index contributed by atoms with van der Waals surface area (Å²) >= 11 is 0. The summed E-state index contributed by atoms with van der Waals surface area (Å²) in [4.78, 5) is 24.0. The molecule has 0 radical (unpaired) electrons. The number of ether oxygens (including phenoxy) is 1. The molecule has 1 atom stereocenters. The van der Waals surface area contributed by atoms with E-state index in [9.17, 15) is 14.7 Å². The number of hydrogen-bond donors (Lipinski definition) is 2. The number of nitrogens with one attached hydrogen (secondary N) is 1. The van der Waals surface area contributed by atoms with Gasteiger partial charge in [-0.2, -0.15) is 0 Å². The Balaban J connectivity index is 1.79. The lowest BCUT2D eigenvalue weighted by Crippen LogP contribution is -2.31. The van der Waals surface area contributed by atoms with Gasteiger partial charge in [-0.1, -0.05) is 12.1 Å². The Morgan fingerprint density at radius 3 is 3.00 bits per heavy atom. The minimum Gasteiger partial charge on any atom is -0.508 e. The van der Waals surface area contributed by atoms with Gasteiger partial charge in [0, 0.05) is 0 Å². The van der Waals surface area contributed by atoms with E-state index in [2.05, 4.69) is 10.1 Å². The van der Waals surface area contributed by atoms with Gasteiger partial charge in [0.2, 0.25) is 0 Å². The number of benzene rings is 1. The summed E-state index contributed by atoms with van der Waals surface area (Å²) in [6.07, 6.45) is 3.78. The average Bonchev–Trinajstić information content (AvgIpc) is 3.04. The molecule has 6 heteroatoms. The Hall–Kier alpha value is -2.76. The number of carbonyl (C=O) groups is 2. The molecule has 0 aliphatic heterocycles. The summed E-state index contributed by atoms with van der Waals surface area (Å²) in [6, 6.07) is 6.73. The zero-order chi connectivity index (χ0) is 17.1. The average molecular weight is 329 g/mol. The van der Waals surface area contributed by atoms with Gasteiger partial charge in [0.15, 0.2) is 0 Å². The summed E-state index contributed by atoms with van der Waals surface area (Å²) in [5.74, 6) is -0.219. The Kier molecular flexibility index (Phi) is 4.55. The van der Waals surface area contributed by atoms with E-state index in [-0.39, 0.29) is 29.9 Å². The van der Waals surface area contributed by atoms with E-state index in [1.165, 1.54) is 13.4 Å². The number of aromatic hydroxyl groups is 1. The Bertz CT molecular complexity index is 765. The fourth-order valence-corrected chi connectivity index (χ4v) is 3.10. The van der Waals surface area contributed by atoms with Crippen LogP contribution in [0.5, 0.6) is 5.75 Å². The maximum atomic E-state index is 12.6. The fourth-order valence-electron chi connectivity index (χ4n) is 3.10.